The Morgan fingerprint density at radius 3 is 2.89 bits per heavy atom. The van der Waals surface area contributed by atoms with Crippen LogP contribution in [0.15, 0.2) is 31.0 Å². The first-order valence-electron chi connectivity index (χ1n) is 6.67. The first-order chi connectivity index (χ1) is 9.42. The van der Waals surface area contributed by atoms with E-state index in [9.17, 15) is 0 Å². The standard InChI is InChI=1S/C13H18N6/c1-2-13(19-10-15-9-18-19)17-8-12(1)16-7-11-3-5-14-6-4-11/h1-2,8-11,14,16H,3-7H2. The van der Waals surface area contributed by atoms with Gasteiger partial charge in [-0.05, 0) is 44.0 Å². The van der Waals surface area contributed by atoms with E-state index in [4.69, 9.17) is 0 Å². The van der Waals surface area contributed by atoms with Crippen molar-refractivity contribution in [2.45, 2.75) is 12.8 Å². The Morgan fingerprint density at radius 2 is 2.21 bits per heavy atom. The Morgan fingerprint density at radius 1 is 1.32 bits per heavy atom. The fraction of sp³-hybridized carbons (Fsp3) is 0.462. The minimum Gasteiger partial charge on any atom is -0.384 e. The molecule has 0 radical (unpaired) electrons. The van der Waals surface area contributed by atoms with E-state index in [1.165, 1.54) is 19.2 Å². The number of hydrogen-bond donors (Lipinski definition) is 2. The molecule has 3 heterocycles. The van der Waals surface area contributed by atoms with Crippen LogP contribution in [0.3, 0.4) is 0 Å². The van der Waals surface area contributed by atoms with Crippen molar-refractivity contribution in [2.75, 3.05) is 25.0 Å². The predicted molar refractivity (Wildman–Crippen MR) is 73.2 cm³/mol. The van der Waals surface area contributed by atoms with Crippen LogP contribution in [-0.4, -0.2) is 39.4 Å². The highest BCUT2D eigenvalue weighted by molar-refractivity contribution is 5.43. The molecule has 0 amide bonds. The van der Waals surface area contributed by atoms with Gasteiger partial charge in [0.25, 0.3) is 0 Å². The molecule has 1 aliphatic heterocycles. The van der Waals surface area contributed by atoms with E-state index in [2.05, 4.69) is 25.7 Å². The van der Waals surface area contributed by atoms with E-state index in [0.29, 0.717) is 0 Å². The zero-order chi connectivity index (χ0) is 12.9. The van der Waals surface area contributed by atoms with E-state index in [1.54, 1.807) is 11.0 Å². The molecule has 1 fully saturated rings. The van der Waals surface area contributed by atoms with Crippen LogP contribution in [0.1, 0.15) is 12.8 Å². The molecule has 19 heavy (non-hydrogen) atoms. The van der Waals surface area contributed by atoms with Gasteiger partial charge in [-0.2, -0.15) is 5.10 Å². The van der Waals surface area contributed by atoms with Crippen LogP contribution in [0.5, 0.6) is 0 Å². The number of nitrogens with zero attached hydrogens (tertiary/aromatic N) is 4. The van der Waals surface area contributed by atoms with Gasteiger partial charge in [0.05, 0.1) is 11.9 Å². The average Bonchev–Trinajstić information content (AvgIpc) is 3.01. The largest absolute Gasteiger partial charge is 0.384 e. The van der Waals surface area contributed by atoms with Gasteiger partial charge in [-0.1, -0.05) is 0 Å². The van der Waals surface area contributed by atoms with Crippen LogP contribution in [0.2, 0.25) is 0 Å². The Hall–Kier alpha value is -1.95. The van der Waals surface area contributed by atoms with Crippen molar-refractivity contribution in [2.24, 2.45) is 5.92 Å². The van der Waals surface area contributed by atoms with Gasteiger partial charge in [-0.25, -0.2) is 14.6 Å². The number of piperidine rings is 1. The third-order valence-electron chi connectivity index (χ3n) is 3.45. The van der Waals surface area contributed by atoms with Crippen LogP contribution < -0.4 is 10.6 Å². The molecular weight excluding hydrogens is 240 g/mol. The van der Waals surface area contributed by atoms with Crippen molar-refractivity contribution in [1.29, 1.82) is 0 Å². The molecule has 0 unspecified atom stereocenters. The first-order valence-corrected chi connectivity index (χ1v) is 6.67. The van der Waals surface area contributed by atoms with E-state index in [-0.39, 0.29) is 0 Å². The highest BCUT2D eigenvalue weighted by Crippen LogP contribution is 2.14. The summed E-state index contributed by atoms with van der Waals surface area (Å²) in [5.74, 6) is 1.54. The summed E-state index contributed by atoms with van der Waals surface area (Å²) >= 11 is 0. The molecule has 0 aliphatic carbocycles. The molecule has 6 heteroatoms. The smallest absolute Gasteiger partial charge is 0.155 e. The second-order valence-electron chi connectivity index (χ2n) is 4.82. The predicted octanol–water partition coefficient (Wildman–Crippen LogP) is 1.07. The third kappa shape index (κ3) is 3.08. The molecule has 3 rings (SSSR count). The summed E-state index contributed by atoms with van der Waals surface area (Å²) in [4.78, 5) is 8.28. The van der Waals surface area contributed by atoms with E-state index in [0.717, 1.165) is 37.1 Å². The molecule has 100 valence electrons. The SMILES string of the molecule is c1ncn(-c2ccc(NCC3CCNCC3)cn2)n1. The Labute approximate surface area is 112 Å². The first kappa shape index (κ1) is 12.1. The number of aromatic nitrogens is 4. The average molecular weight is 258 g/mol. The van der Waals surface area contributed by atoms with Gasteiger partial charge in [-0.3, -0.25) is 0 Å². The fourth-order valence-electron chi connectivity index (χ4n) is 2.30. The van der Waals surface area contributed by atoms with Crippen LogP contribution in [0.4, 0.5) is 5.69 Å². The van der Waals surface area contributed by atoms with E-state index in [1.807, 2.05) is 18.3 Å². The van der Waals surface area contributed by atoms with Gasteiger partial charge < -0.3 is 10.6 Å². The normalized spacial score (nSPS) is 16.4. The van der Waals surface area contributed by atoms with Gasteiger partial charge in [0.1, 0.15) is 12.7 Å². The van der Waals surface area contributed by atoms with Gasteiger partial charge in [0, 0.05) is 6.54 Å². The van der Waals surface area contributed by atoms with E-state index >= 15 is 0 Å². The molecule has 0 spiro atoms. The molecule has 6 nitrogen and oxygen atoms in total. The summed E-state index contributed by atoms with van der Waals surface area (Å²) in [5.41, 5.74) is 1.06. The lowest BCUT2D eigenvalue weighted by Gasteiger charge is -2.23. The summed E-state index contributed by atoms with van der Waals surface area (Å²) < 4.78 is 1.65. The molecule has 0 aromatic carbocycles. The third-order valence-corrected chi connectivity index (χ3v) is 3.45. The second kappa shape index (κ2) is 5.79. The van der Waals surface area contributed by atoms with Crippen molar-refractivity contribution in [1.82, 2.24) is 25.1 Å². The minimum absolute atomic E-state index is 0.760. The summed E-state index contributed by atoms with van der Waals surface area (Å²) in [6, 6.07) is 3.98. The lowest BCUT2D eigenvalue weighted by Crippen LogP contribution is -2.31. The molecule has 2 aromatic rings. The lowest BCUT2D eigenvalue weighted by atomic mass is 9.98. The molecule has 1 aliphatic rings. The van der Waals surface area contributed by atoms with Crippen LogP contribution in [0, 0.1) is 5.92 Å². The quantitative estimate of drug-likeness (QED) is 0.858. The molecular formula is C13H18N6. The second-order valence-corrected chi connectivity index (χ2v) is 4.82. The van der Waals surface area contributed by atoms with Gasteiger partial charge >= 0.3 is 0 Å². The minimum atomic E-state index is 0.760. The maximum absolute atomic E-state index is 4.37. The van der Waals surface area contributed by atoms with E-state index < -0.39 is 0 Å². The van der Waals surface area contributed by atoms with Gasteiger partial charge in [-0.15, -0.1) is 0 Å². The van der Waals surface area contributed by atoms with Crippen molar-refractivity contribution >= 4 is 5.69 Å². The van der Waals surface area contributed by atoms with Crippen molar-refractivity contribution in [3.8, 4) is 5.82 Å². The summed E-state index contributed by atoms with van der Waals surface area (Å²) in [6.07, 6.45) is 7.49. The zero-order valence-corrected chi connectivity index (χ0v) is 10.8. The Bertz CT molecular complexity index is 486. The maximum Gasteiger partial charge on any atom is 0.155 e. The molecule has 0 bridgehead atoms. The molecule has 2 N–H and O–H groups in total. The Kier molecular flexibility index (Phi) is 3.69. The molecule has 0 atom stereocenters. The fourth-order valence-corrected chi connectivity index (χ4v) is 2.30. The molecule has 2 aromatic heterocycles. The number of anilines is 1. The molecule has 1 saturated heterocycles. The maximum atomic E-state index is 4.37. The summed E-state index contributed by atoms with van der Waals surface area (Å²) in [5, 5.41) is 10.9. The monoisotopic (exact) mass is 258 g/mol. The topological polar surface area (TPSA) is 67.7 Å². The van der Waals surface area contributed by atoms with Crippen LogP contribution in [-0.2, 0) is 0 Å². The van der Waals surface area contributed by atoms with Crippen molar-refractivity contribution in [3.05, 3.63) is 31.0 Å². The highest BCUT2D eigenvalue weighted by Gasteiger charge is 2.12. The van der Waals surface area contributed by atoms with Gasteiger partial charge in [0.2, 0.25) is 0 Å². The zero-order valence-electron chi connectivity index (χ0n) is 10.8. The Balaban J connectivity index is 1.57. The van der Waals surface area contributed by atoms with Crippen LogP contribution in [0.25, 0.3) is 5.82 Å². The lowest BCUT2D eigenvalue weighted by molar-refractivity contribution is 0.390. The summed E-state index contributed by atoms with van der Waals surface area (Å²) in [6.45, 7) is 3.29. The number of hydrogen-bond acceptors (Lipinski definition) is 5. The molecule has 0 saturated carbocycles. The van der Waals surface area contributed by atoms with Gasteiger partial charge in [0.15, 0.2) is 5.82 Å². The van der Waals surface area contributed by atoms with Crippen LogP contribution >= 0.6 is 0 Å². The number of pyridine rings is 1. The number of rotatable bonds is 4. The number of nitrogens with one attached hydrogen (secondary N) is 2. The highest BCUT2D eigenvalue weighted by atomic mass is 15.3. The van der Waals surface area contributed by atoms with Crippen molar-refractivity contribution in [3.63, 3.8) is 0 Å². The van der Waals surface area contributed by atoms with Crippen molar-refractivity contribution < 1.29 is 0 Å². The summed E-state index contributed by atoms with van der Waals surface area (Å²) in [7, 11) is 0.